The van der Waals surface area contributed by atoms with Crippen LogP contribution in [0.25, 0.3) is 11.5 Å². The van der Waals surface area contributed by atoms with Gasteiger partial charge in [-0.2, -0.15) is 0 Å². The fraction of sp³-hybridized carbons (Fsp3) is 0.111. The predicted molar refractivity (Wildman–Crippen MR) is 89.4 cm³/mol. The molecule has 1 aliphatic rings. The molecular weight excluding hydrogens is 338 g/mol. The van der Waals surface area contributed by atoms with Crippen molar-refractivity contribution in [3.63, 3.8) is 0 Å². The smallest absolute Gasteiger partial charge is 0.338 e. The Morgan fingerprint density at radius 3 is 2.85 bits per heavy atom. The van der Waals surface area contributed by atoms with Gasteiger partial charge in [0.05, 0.1) is 11.3 Å². The molecule has 0 saturated carbocycles. The van der Waals surface area contributed by atoms with Gasteiger partial charge in [-0.15, -0.1) is 10.2 Å². The first-order valence-corrected chi connectivity index (χ1v) is 7.81. The van der Waals surface area contributed by atoms with Crippen LogP contribution in [0.5, 0.6) is 5.75 Å². The lowest BCUT2D eigenvalue weighted by atomic mass is 10.1. The zero-order chi connectivity index (χ0) is 17.9. The summed E-state index contributed by atoms with van der Waals surface area (Å²) in [5.74, 6) is 0.169. The third-order valence-electron chi connectivity index (χ3n) is 3.66. The van der Waals surface area contributed by atoms with Gasteiger partial charge in [0, 0.05) is 5.56 Å². The Hall–Kier alpha value is -3.68. The van der Waals surface area contributed by atoms with Crippen LogP contribution in [-0.2, 0) is 16.1 Å². The Morgan fingerprint density at radius 2 is 2.00 bits per heavy atom. The summed E-state index contributed by atoms with van der Waals surface area (Å²) < 4.78 is 16.0. The maximum absolute atomic E-state index is 12.2. The van der Waals surface area contributed by atoms with E-state index in [1.165, 1.54) is 6.07 Å². The molecule has 8 nitrogen and oxygen atoms in total. The number of rotatable bonds is 4. The topological polar surface area (TPSA) is 104 Å². The molecule has 130 valence electrons. The number of hydrogen-bond acceptors (Lipinski definition) is 7. The third kappa shape index (κ3) is 3.25. The lowest BCUT2D eigenvalue weighted by Crippen LogP contribution is -2.25. The molecule has 2 aromatic carbocycles. The third-order valence-corrected chi connectivity index (χ3v) is 3.66. The van der Waals surface area contributed by atoms with E-state index >= 15 is 0 Å². The van der Waals surface area contributed by atoms with Gasteiger partial charge in [-0.05, 0) is 30.3 Å². The normalized spacial score (nSPS) is 12.7. The van der Waals surface area contributed by atoms with Gasteiger partial charge < -0.3 is 19.2 Å². The molecule has 0 aliphatic carbocycles. The molecule has 0 bridgehead atoms. The lowest BCUT2D eigenvalue weighted by molar-refractivity contribution is -0.118. The molecule has 0 unspecified atom stereocenters. The summed E-state index contributed by atoms with van der Waals surface area (Å²) in [5.41, 5.74) is 1.59. The van der Waals surface area contributed by atoms with Crippen molar-refractivity contribution < 1.29 is 23.5 Å². The predicted octanol–water partition coefficient (Wildman–Crippen LogP) is 2.42. The van der Waals surface area contributed by atoms with Crippen molar-refractivity contribution in [1.82, 2.24) is 10.2 Å². The van der Waals surface area contributed by atoms with Crippen LogP contribution in [-0.4, -0.2) is 28.7 Å². The molecule has 1 aliphatic heterocycles. The van der Waals surface area contributed by atoms with E-state index in [9.17, 15) is 9.59 Å². The molecule has 1 N–H and O–H groups in total. The summed E-state index contributed by atoms with van der Waals surface area (Å²) in [6, 6.07) is 13.9. The summed E-state index contributed by atoms with van der Waals surface area (Å²) >= 11 is 0. The number of aromatic nitrogens is 2. The molecule has 1 aromatic heterocycles. The van der Waals surface area contributed by atoms with Gasteiger partial charge in [-0.25, -0.2) is 4.79 Å². The van der Waals surface area contributed by atoms with Gasteiger partial charge in [0.1, 0.15) is 5.75 Å². The number of amides is 1. The van der Waals surface area contributed by atoms with Gasteiger partial charge in [-0.3, -0.25) is 4.79 Å². The van der Waals surface area contributed by atoms with E-state index in [-0.39, 0.29) is 25.0 Å². The van der Waals surface area contributed by atoms with Crippen LogP contribution in [0.1, 0.15) is 16.2 Å². The highest BCUT2D eigenvalue weighted by Gasteiger charge is 2.19. The van der Waals surface area contributed by atoms with Gasteiger partial charge >= 0.3 is 5.97 Å². The molecule has 0 saturated heterocycles. The van der Waals surface area contributed by atoms with E-state index < -0.39 is 5.97 Å². The largest absolute Gasteiger partial charge is 0.482 e. The fourth-order valence-corrected chi connectivity index (χ4v) is 2.42. The second-order valence-corrected chi connectivity index (χ2v) is 5.49. The summed E-state index contributed by atoms with van der Waals surface area (Å²) in [6.45, 7) is -0.233. The minimum absolute atomic E-state index is 0.0876. The van der Waals surface area contributed by atoms with E-state index in [0.29, 0.717) is 22.9 Å². The Bertz CT molecular complexity index is 968. The van der Waals surface area contributed by atoms with Crippen LogP contribution in [0, 0.1) is 0 Å². The van der Waals surface area contributed by atoms with Gasteiger partial charge in [-0.1, -0.05) is 18.2 Å². The number of carbonyl (C=O) groups is 2. The Morgan fingerprint density at radius 1 is 1.15 bits per heavy atom. The maximum Gasteiger partial charge on any atom is 0.338 e. The highest BCUT2D eigenvalue weighted by atomic mass is 16.5. The molecule has 2 heterocycles. The van der Waals surface area contributed by atoms with E-state index in [1.807, 2.05) is 30.3 Å². The zero-order valence-electron chi connectivity index (χ0n) is 13.5. The monoisotopic (exact) mass is 351 g/mol. The van der Waals surface area contributed by atoms with Crippen LogP contribution < -0.4 is 10.1 Å². The molecule has 1 amide bonds. The second-order valence-electron chi connectivity index (χ2n) is 5.49. The number of hydrogen-bond donors (Lipinski definition) is 1. The van der Waals surface area contributed by atoms with E-state index in [4.69, 9.17) is 13.9 Å². The molecule has 26 heavy (non-hydrogen) atoms. The average Bonchev–Trinajstić information content (AvgIpc) is 3.15. The van der Waals surface area contributed by atoms with E-state index in [2.05, 4.69) is 15.5 Å². The molecular formula is C18H13N3O5. The summed E-state index contributed by atoms with van der Waals surface area (Å²) in [6.07, 6.45) is 0. The number of ether oxygens (including phenoxy) is 2. The minimum atomic E-state index is -0.562. The van der Waals surface area contributed by atoms with Crippen LogP contribution in [0.2, 0.25) is 0 Å². The number of fused-ring (bicyclic) bond motifs is 1. The van der Waals surface area contributed by atoms with Crippen molar-refractivity contribution in [1.29, 1.82) is 0 Å². The Balaban J connectivity index is 1.42. The van der Waals surface area contributed by atoms with Crippen molar-refractivity contribution in [3.8, 4) is 17.2 Å². The number of nitrogens with one attached hydrogen (secondary N) is 1. The van der Waals surface area contributed by atoms with Crippen LogP contribution >= 0.6 is 0 Å². The standard InChI is InChI=1S/C18H13N3O5/c22-15-9-24-14-8-12(6-7-13(14)19-15)18(23)25-10-16-20-21-17(26-16)11-4-2-1-3-5-11/h1-8H,9-10H2,(H,19,22). The summed E-state index contributed by atoms with van der Waals surface area (Å²) in [7, 11) is 0. The van der Waals surface area contributed by atoms with E-state index in [0.717, 1.165) is 5.56 Å². The average molecular weight is 351 g/mol. The van der Waals surface area contributed by atoms with Crippen LogP contribution in [0.15, 0.2) is 52.9 Å². The Kier molecular flexibility index (Phi) is 4.06. The van der Waals surface area contributed by atoms with E-state index in [1.54, 1.807) is 12.1 Å². The molecule has 0 fully saturated rings. The number of carbonyl (C=O) groups excluding carboxylic acids is 2. The minimum Gasteiger partial charge on any atom is -0.482 e. The molecule has 0 atom stereocenters. The number of esters is 1. The van der Waals surface area contributed by atoms with Gasteiger partial charge in [0.2, 0.25) is 5.89 Å². The first-order valence-electron chi connectivity index (χ1n) is 7.81. The van der Waals surface area contributed by atoms with Crippen molar-refractivity contribution in [3.05, 3.63) is 60.0 Å². The summed E-state index contributed by atoms with van der Waals surface area (Å²) in [4.78, 5) is 23.4. The molecule has 0 radical (unpaired) electrons. The first-order chi connectivity index (χ1) is 12.7. The van der Waals surface area contributed by atoms with Crippen LogP contribution in [0.4, 0.5) is 5.69 Å². The number of anilines is 1. The van der Waals surface area contributed by atoms with Gasteiger partial charge in [0.25, 0.3) is 11.8 Å². The first kappa shape index (κ1) is 15.8. The second kappa shape index (κ2) is 6.67. The number of nitrogens with zero attached hydrogens (tertiary/aromatic N) is 2. The van der Waals surface area contributed by atoms with Crippen molar-refractivity contribution in [2.75, 3.05) is 11.9 Å². The molecule has 8 heteroatoms. The maximum atomic E-state index is 12.2. The van der Waals surface area contributed by atoms with Crippen molar-refractivity contribution in [2.45, 2.75) is 6.61 Å². The SMILES string of the molecule is O=C1COc2cc(C(=O)OCc3nnc(-c4ccccc4)o3)ccc2N1. The van der Waals surface area contributed by atoms with Crippen molar-refractivity contribution >= 4 is 17.6 Å². The highest BCUT2D eigenvalue weighted by molar-refractivity contribution is 5.97. The fourth-order valence-electron chi connectivity index (χ4n) is 2.42. The zero-order valence-corrected chi connectivity index (χ0v) is 13.5. The molecule has 0 spiro atoms. The Labute approximate surface area is 147 Å². The van der Waals surface area contributed by atoms with Crippen molar-refractivity contribution in [2.24, 2.45) is 0 Å². The van der Waals surface area contributed by atoms with Gasteiger partial charge in [0.15, 0.2) is 13.2 Å². The molecule has 4 rings (SSSR count). The lowest BCUT2D eigenvalue weighted by Gasteiger charge is -2.18. The highest BCUT2D eigenvalue weighted by Crippen LogP contribution is 2.28. The quantitative estimate of drug-likeness (QED) is 0.720. The summed E-state index contributed by atoms with van der Waals surface area (Å²) in [5, 5.41) is 10.5. The number of benzene rings is 2. The molecule has 3 aromatic rings. The van der Waals surface area contributed by atoms with Crippen LogP contribution in [0.3, 0.4) is 0 Å².